The maximum atomic E-state index is 10.9. The van der Waals surface area contributed by atoms with Crippen LogP contribution in [0.25, 0.3) is 0 Å². The third-order valence-corrected chi connectivity index (χ3v) is 2.61. The molecule has 0 bridgehead atoms. The second-order valence-electron chi connectivity index (χ2n) is 4.62. The number of carbonyl (C=O) groups is 1. The van der Waals surface area contributed by atoms with E-state index >= 15 is 0 Å². The van der Waals surface area contributed by atoms with Crippen molar-refractivity contribution in [3.05, 3.63) is 11.8 Å². The van der Waals surface area contributed by atoms with Crippen molar-refractivity contribution < 1.29 is 24.1 Å². The van der Waals surface area contributed by atoms with Gasteiger partial charge in [-0.1, -0.05) is 0 Å². The molecule has 2 aliphatic rings. The summed E-state index contributed by atoms with van der Waals surface area (Å²) in [5.41, 5.74) is 0.357. The zero-order valence-corrected chi connectivity index (χ0v) is 10.1. The van der Waals surface area contributed by atoms with Gasteiger partial charge in [0.25, 0.3) is 0 Å². The van der Waals surface area contributed by atoms with E-state index in [1.165, 1.54) is 6.92 Å². The van der Waals surface area contributed by atoms with Crippen molar-refractivity contribution in [1.29, 1.82) is 0 Å². The van der Waals surface area contributed by atoms with E-state index in [-0.39, 0.29) is 12.0 Å². The SMILES string of the molecule is CC(=O)NC1=CC(C2COC(C)(C)O2)OC1O. The van der Waals surface area contributed by atoms with Crippen LogP contribution in [0.1, 0.15) is 20.8 Å². The van der Waals surface area contributed by atoms with Crippen LogP contribution in [0.4, 0.5) is 0 Å². The second-order valence-corrected chi connectivity index (χ2v) is 4.62. The molecular weight excluding hydrogens is 226 g/mol. The monoisotopic (exact) mass is 243 g/mol. The van der Waals surface area contributed by atoms with Gasteiger partial charge in [-0.2, -0.15) is 0 Å². The summed E-state index contributed by atoms with van der Waals surface area (Å²) in [5.74, 6) is -0.882. The molecule has 6 heteroatoms. The lowest BCUT2D eigenvalue weighted by Gasteiger charge is -2.20. The predicted octanol–water partition coefficient (Wildman–Crippen LogP) is -0.125. The van der Waals surface area contributed by atoms with E-state index in [0.717, 1.165) is 0 Å². The molecule has 0 aromatic carbocycles. The van der Waals surface area contributed by atoms with Crippen LogP contribution in [0, 0.1) is 0 Å². The summed E-state index contributed by atoms with van der Waals surface area (Å²) < 4.78 is 16.3. The molecule has 2 N–H and O–H groups in total. The Balaban J connectivity index is 2.00. The van der Waals surface area contributed by atoms with Crippen molar-refractivity contribution in [3.63, 3.8) is 0 Å². The highest BCUT2D eigenvalue weighted by Crippen LogP contribution is 2.29. The highest BCUT2D eigenvalue weighted by atomic mass is 16.8. The number of hydrogen-bond donors (Lipinski definition) is 2. The lowest BCUT2D eigenvalue weighted by Crippen LogP contribution is -2.31. The third kappa shape index (κ3) is 2.84. The predicted molar refractivity (Wildman–Crippen MR) is 57.7 cm³/mol. The molecule has 0 aliphatic carbocycles. The first-order valence-corrected chi connectivity index (χ1v) is 5.52. The van der Waals surface area contributed by atoms with Crippen LogP contribution in [-0.2, 0) is 19.0 Å². The molecule has 0 saturated carbocycles. The standard InChI is InChI=1S/C11H17NO5/c1-6(13)12-7-4-8(16-10(7)14)9-5-15-11(2,3)17-9/h4,8-10,14H,5H2,1-3H3,(H,12,13). The zero-order valence-electron chi connectivity index (χ0n) is 10.1. The van der Waals surface area contributed by atoms with Crippen molar-refractivity contribution in [2.45, 2.75) is 45.1 Å². The fraction of sp³-hybridized carbons (Fsp3) is 0.727. The molecule has 2 aliphatic heterocycles. The molecule has 1 fully saturated rings. The Kier molecular flexibility index (Phi) is 3.22. The number of nitrogens with one attached hydrogen (secondary N) is 1. The third-order valence-electron chi connectivity index (χ3n) is 2.61. The van der Waals surface area contributed by atoms with E-state index in [4.69, 9.17) is 14.2 Å². The van der Waals surface area contributed by atoms with E-state index in [1.54, 1.807) is 6.08 Å². The van der Waals surface area contributed by atoms with Crippen LogP contribution in [0.3, 0.4) is 0 Å². The number of hydrogen-bond acceptors (Lipinski definition) is 5. The molecule has 0 spiro atoms. The molecule has 1 saturated heterocycles. The summed E-state index contributed by atoms with van der Waals surface area (Å²) in [6.07, 6.45) is -0.141. The Morgan fingerprint density at radius 2 is 2.29 bits per heavy atom. The molecular formula is C11H17NO5. The van der Waals surface area contributed by atoms with Crippen LogP contribution >= 0.6 is 0 Å². The average molecular weight is 243 g/mol. The fourth-order valence-corrected chi connectivity index (χ4v) is 1.90. The summed E-state index contributed by atoms with van der Waals surface area (Å²) in [5, 5.41) is 12.1. The van der Waals surface area contributed by atoms with E-state index in [9.17, 15) is 9.90 Å². The van der Waals surface area contributed by atoms with Crippen LogP contribution in [0.15, 0.2) is 11.8 Å². The van der Waals surface area contributed by atoms with Gasteiger partial charge in [0, 0.05) is 6.92 Å². The van der Waals surface area contributed by atoms with Crippen LogP contribution < -0.4 is 5.32 Å². The van der Waals surface area contributed by atoms with Crippen LogP contribution in [-0.4, -0.2) is 41.9 Å². The summed E-state index contributed by atoms with van der Waals surface area (Å²) in [4.78, 5) is 10.9. The number of amides is 1. The van der Waals surface area contributed by atoms with Gasteiger partial charge in [0.15, 0.2) is 12.1 Å². The van der Waals surface area contributed by atoms with Gasteiger partial charge in [-0.05, 0) is 19.9 Å². The minimum absolute atomic E-state index is 0.247. The second kappa shape index (κ2) is 4.38. The summed E-state index contributed by atoms with van der Waals surface area (Å²) in [6, 6.07) is 0. The van der Waals surface area contributed by atoms with Gasteiger partial charge in [-0.3, -0.25) is 4.79 Å². The Morgan fingerprint density at radius 1 is 1.59 bits per heavy atom. The minimum Gasteiger partial charge on any atom is -0.363 e. The van der Waals surface area contributed by atoms with Crippen molar-refractivity contribution in [2.75, 3.05) is 6.61 Å². The maximum absolute atomic E-state index is 10.9. The molecule has 3 unspecified atom stereocenters. The Bertz CT molecular complexity index is 352. The molecule has 3 atom stereocenters. The highest BCUT2D eigenvalue weighted by molar-refractivity contribution is 5.75. The molecule has 6 nitrogen and oxygen atoms in total. The largest absolute Gasteiger partial charge is 0.363 e. The number of rotatable bonds is 2. The minimum atomic E-state index is -1.11. The van der Waals surface area contributed by atoms with Gasteiger partial charge < -0.3 is 24.6 Å². The smallest absolute Gasteiger partial charge is 0.221 e. The van der Waals surface area contributed by atoms with Gasteiger partial charge in [0.05, 0.1) is 12.3 Å². The maximum Gasteiger partial charge on any atom is 0.221 e. The van der Waals surface area contributed by atoms with Crippen LogP contribution in [0.5, 0.6) is 0 Å². The molecule has 2 heterocycles. The molecule has 1 amide bonds. The number of aliphatic hydroxyl groups excluding tert-OH is 1. The summed E-state index contributed by atoms with van der Waals surface area (Å²) in [6.45, 7) is 5.40. The van der Waals surface area contributed by atoms with E-state index < -0.39 is 18.2 Å². The number of aliphatic hydroxyl groups is 1. The molecule has 2 rings (SSSR count). The molecule has 17 heavy (non-hydrogen) atoms. The van der Waals surface area contributed by atoms with Crippen molar-refractivity contribution in [3.8, 4) is 0 Å². The first-order valence-electron chi connectivity index (χ1n) is 5.52. The molecule has 0 aromatic heterocycles. The molecule has 96 valence electrons. The van der Waals surface area contributed by atoms with Crippen molar-refractivity contribution in [1.82, 2.24) is 5.32 Å². The number of carbonyl (C=O) groups excluding carboxylic acids is 1. The van der Waals surface area contributed by atoms with E-state index in [2.05, 4.69) is 5.32 Å². The first kappa shape index (κ1) is 12.5. The molecule has 0 aromatic rings. The van der Waals surface area contributed by atoms with E-state index in [1.807, 2.05) is 13.8 Å². The Hall–Kier alpha value is -0.950. The van der Waals surface area contributed by atoms with E-state index in [0.29, 0.717) is 12.3 Å². The Labute approximate surface area is 99.5 Å². The van der Waals surface area contributed by atoms with Gasteiger partial charge in [0.2, 0.25) is 5.91 Å². The summed E-state index contributed by atoms with van der Waals surface area (Å²) in [7, 11) is 0. The lowest BCUT2D eigenvalue weighted by molar-refractivity contribution is -0.165. The van der Waals surface area contributed by atoms with Gasteiger partial charge >= 0.3 is 0 Å². The lowest BCUT2D eigenvalue weighted by atomic mass is 10.2. The fourth-order valence-electron chi connectivity index (χ4n) is 1.90. The number of ether oxygens (including phenoxy) is 3. The quantitative estimate of drug-likeness (QED) is 0.706. The van der Waals surface area contributed by atoms with Gasteiger partial charge in [-0.15, -0.1) is 0 Å². The first-order chi connectivity index (χ1) is 7.87. The average Bonchev–Trinajstić information content (AvgIpc) is 2.70. The highest BCUT2D eigenvalue weighted by Gasteiger charge is 2.41. The van der Waals surface area contributed by atoms with Crippen molar-refractivity contribution in [2.24, 2.45) is 0 Å². The zero-order chi connectivity index (χ0) is 12.6. The topological polar surface area (TPSA) is 77.0 Å². The Morgan fingerprint density at radius 3 is 2.82 bits per heavy atom. The summed E-state index contributed by atoms with van der Waals surface area (Å²) >= 11 is 0. The van der Waals surface area contributed by atoms with Gasteiger partial charge in [0.1, 0.15) is 12.2 Å². The molecule has 0 radical (unpaired) electrons. The van der Waals surface area contributed by atoms with Crippen LogP contribution in [0.2, 0.25) is 0 Å². The van der Waals surface area contributed by atoms with Gasteiger partial charge in [-0.25, -0.2) is 0 Å². The van der Waals surface area contributed by atoms with Crippen molar-refractivity contribution >= 4 is 5.91 Å². The normalized spacial score (nSPS) is 35.8.